The Labute approximate surface area is 208 Å². The summed E-state index contributed by atoms with van der Waals surface area (Å²) in [5.41, 5.74) is 2.46. The minimum Gasteiger partial charge on any atom is -0.379 e. The molecule has 0 aliphatic carbocycles. The second-order valence-corrected chi connectivity index (χ2v) is 11.2. The molecule has 2 aromatic carbocycles. The molecule has 9 heteroatoms. The normalized spacial score (nSPS) is 17.8. The van der Waals surface area contributed by atoms with Gasteiger partial charge in [0.15, 0.2) is 0 Å². The van der Waals surface area contributed by atoms with Crippen LogP contribution in [0.1, 0.15) is 35.7 Å². The van der Waals surface area contributed by atoms with Crippen molar-refractivity contribution in [3.05, 3.63) is 59.7 Å². The Morgan fingerprint density at radius 2 is 1.74 bits per heavy atom. The standard InChI is InChI=1S/C26H36N4O4S/c1-21-9-12-30(13-10-21)25-8-7-23(28-35(32,33)20-22-5-3-2-4-6-22)19-24(25)26(31)27-11-14-29-15-17-34-18-16-29/h2-8,19,21,28H,9-18,20H2,1H3,(H,27,31). The summed E-state index contributed by atoms with van der Waals surface area (Å²) < 4.78 is 33.6. The molecule has 0 radical (unpaired) electrons. The molecule has 2 saturated heterocycles. The first-order valence-corrected chi connectivity index (χ1v) is 14.1. The van der Waals surface area contributed by atoms with Crippen molar-refractivity contribution in [2.24, 2.45) is 5.92 Å². The van der Waals surface area contributed by atoms with E-state index in [0.717, 1.165) is 64.5 Å². The fourth-order valence-corrected chi connectivity index (χ4v) is 5.75. The zero-order valence-corrected chi connectivity index (χ0v) is 21.2. The van der Waals surface area contributed by atoms with E-state index >= 15 is 0 Å². The van der Waals surface area contributed by atoms with Crippen molar-refractivity contribution in [1.29, 1.82) is 0 Å². The number of nitrogens with one attached hydrogen (secondary N) is 2. The largest absolute Gasteiger partial charge is 0.379 e. The summed E-state index contributed by atoms with van der Waals surface area (Å²) in [5, 5.41) is 3.04. The smallest absolute Gasteiger partial charge is 0.253 e. The van der Waals surface area contributed by atoms with Crippen molar-refractivity contribution < 1.29 is 17.9 Å². The van der Waals surface area contributed by atoms with E-state index < -0.39 is 10.0 Å². The van der Waals surface area contributed by atoms with Crippen LogP contribution in [-0.2, 0) is 20.5 Å². The third kappa shape index (κ3) is 7.43. The lowest BCUT2D eigenvalue weighted by Gasteiger charge is -2.33. The molecule has 190 valence electrons. The summed E-state index contributed by atoms with van der Waals surface area (Å²) in [7, 11) is -3.62. The minimum atomic E-state index is -3.62. The Balaban J connectivity index is 1.49. The van der Waals surface area contributed by atoms with E-state index in [4.69, 9.17) is 4.74 Å². The van der Waals surface area contributed by atoms with Crippen molar-refractivity contribution in [2.45, 2.75) is 25.5 Å². The first-order chi connectivity index (χ1) is 16.9. The van der Waals surface area contributed by atoms with Gasteiger partial charge in [0.1, 0.15) is 0 Å². The zero-order chi connectivity index (χ0) is 24.7. The zero-order valence-electron chi connectivity index (χ0n) is 20.4. The fraction of sp³-hybridized carbons (Fsp3) is 0.500. The molecule has 8 nitrogen and oxygen atoms in total. The molecule has 1 amide bonds. The van der Waals surface area contributed by atoms with E-state index in [1.165, 1.54) is 0 Å². The summed E-state index contributed by atoms with van der Waals surface area (Å²) in [6.07, 6.45) is 2.15. The predicted octanol–water partition coefficient (Wildman–Crippen LogP) is 2.93. The Kier molecular flexibility index (Phi) is 8.64. The number of carbonyl (C=O) groups is 1. The van der Waals surface area contributed by atoms with Gasteiger partial charge in [-0.1, -0.05) is 37.3 Å². The van der Waals surface area contributed by atoms with E-state index in [1.54, 1.807) is 24.3 Å². The molecule has 0 unspecified atom stereocenters. The molecule has 2 aliphatic rings. The third-order valence-corrected chi connectivity index (χ3v) is 7.92. The van der Waals surface area contributed by atoms with Crippen molar-refractivity contribution in [2.75, 3.05) is 62.1 Å². The number of piperidine rings is 1. The highest BCUT2D eigenvalue weighted by atomic mass is 32.2. The van der Waals surface area contributed by atoms with Gasteiger partial charge < -0.3 is 15.0 Å². The maximum atomic E-state index is 13.3. The number of ether oxygens (including phenoxy) is 1. The van der Waals surface area contributed by atoms with Crippen LogP contribution in [0.15, 0.2) is 48.5 Å². The van der Waals surface area contributed by atoms with Crippen LogP contribution in [0.5, 0.6) is 0 Å². The van der Waals surface area contributed by atoms with E-state index in [9.17, 15) is 13.2 Å². The molecule has 0 aromatic heterocycles. The van der Waals surface area contributed by atoms with Gasteiger partial charge in [0, 0.05) is 50.6 Å². The number of rotatable bonds is 9. The van der Waals surface area contributed by atoms with E-state index in [2.05, 4.69) is 26.8 Å². The summed E-state index contributed by atoms with van der Waals surface area (Å²) in [4.78, 5) is 17.8. The lowest BCUT2D eigenvalue weighted by atomic mass is 9.98. The third-order valence-electron chi connectivity index (χ3n) is 6.66. The van der Waals surface area contributed by atoms with Crippen LogP contribution >= 0.6 is 0 Å². The van der Waals surface area contributed by atoms with Crippen molar-refractivity contribution in [3.63, 3.8) is 0 Å². The van der Waals surface area contributed by atoms with Gasteiger partial charge in [-0.05, 0) is 42.5 Å². The molecule has 0 saturated carbocycles. The number of nitrogens with zero attached hydrogens (tertiary/aromatic N) is 2. The molecule has 2 heterocycles. The summed E-state index contributed by atoms with van der Waals surface area (Å²) in [6, 6.07) is 14.3. The van der Waals surface area contributed by atoms with Crippen LogP contribution < -0.4 is 14.9 Å². The average molecular weight is 501 g/mol. The Morgan fingerprint density at radius 1 is 1.03 bits per heavy atom. The molecule has 0 bridgehead atoms. The number of sulfonamides is 1. The highest BCUT2D eigenvalue weighted by Gasteiger charge is 2.23. The number of carbonyl (C=O) groups excluding carboxylic acids is 1. The molecule has 2 aliphatic heterocycles. The van der Waals surface area contributed by atoms with Gasteiger partial charge in [0.05, 0.1) is 24.5 Å². The van der Waals surface area contributed by atoms with Gasteiger partial charge in [0.25, 0.3) is 5.91 Å². The van der Waals surface area contributed by atoms with Crippen molar-refractivity contribution >= 4 is 27.3 Å². The quantitative estimate of drug-likeness (QED) is 0.550. The molecular weight excluding hydrogens is 464 g/mol. The highest BCUT2D eigenvalue weighted by Crippen LogP contribution is 2.29. The van der Waals surface area contributed by atoms with E-state index in [1.807, 2.05) is 24.3 Å². The number of hydrogen-bond acceptors (Lipinski definition) is 6. The lowest BCUT2D eigenvalue weighted by molar-refractivity contribution is 0.0383. The second-order valence-electron chi connectivity index (χ2n) is 9.46. The summed E-state index contributed by atoms with van der Waals surface area (Å²) in [5.74, 6) is 0.359. The SMILES string of the molecule is CC1CCN(c2ccc(NS(=O)(=O)Cc3ccccc3)cc2C(=O)NCCN2CCOCC2)CC1. The molecule has 0 spiro atoms. The van der Waals surface area contributed by atoms with Gasteiger partial charge in [-0.2, -0.15) is 0 Å². The Morgan fingerprint density at radius 3 is 2.46 bits per heavy atom. The maximum Gasteiger partial charge on any atom is 0.253 e. The van der Waals surface area contributed by atoms with Crippen LogP contribution in [0.3, 0.4) is 0 Å². The van der Waals surface area contributed by atoms with Crippen LogP contribution in [0.4, 0.5) is 11.4 Å². The minimum absolute atomic E-state index is 0.124. The van der Waals surface area contributed by atoms with Gasteiger partial charge >= 0.3 is 0 Å². The highest BCUT2D eigenvalue weighted by molar-refractivity contribution is 7.91. The van der Waals surface area contributed by atoms with Gasteiger partial charge in [-0.25, -0.2) is 8.42 Å². The summed E-state index contributed by atoms with van der Waals surface area (Å²) >= 11 is 0. The number of benzene rings is 2. The number of hydrogen-bond donors (Lipinski definition) is 2. The average Bonchev–Trinajstić information content (AvgIpc) is 2.85. The van der Waals surface area contributed by atoms with Crippen LogP contribution in [0, 0.1) is 5.92 Å². The van der Waals surface area contributed by atoms with Gasteiger partial charge in [-0.3, -0.25) is 14.4 Å². The molecule has 35 heavy (non-hydrogen) atoms. The molecule has 2 N–H and O–H groups in total. The van der Waals surface area contributed by atoms with Crippen molar-refractivity contribution in [1.82, 2.24) is 10.2 Å². The molecule has 2 aromatic rings. The Bertz CT molecular complexity index is 1080. The molecular formula is C26H36N4O4S. The van der Waals surface area contributed by atoms with Gasteiger partial charge in [0.2, 0.25) is 10.0 Å². The topological polar surface area (TPSA) is 91.0 Å². The number of morpholine rings is 1. The van der Waals surface area contributed by atoms with E-state index in [-0.39, 0.29) is 11.7 Å². The van der Waals surface area contributed by atoms with Gasteiger partial charge in [-0.15, -0.1) is 0 Å². The maximum absolute atomic E-state index is 13.3. The first-order valence-electron chi connectivity index (χ1n) is 12.4. The monoisotopic (exact) mass is 500 g/mol. The number of anilines is 2. The number of amides is 1. The molecule has 2 fully saturated rings. The summed E-state index contributed by atoms with van der Waals surface area (Å²) in [6.45, 7) is 8.48. The molecule has 0 atom stereocenters. The van der Waals surface area contributed by atoms with Crippen LogP contribution in [0.2, 0.25) is 0 Å². The van der Waals surface area contributed by atoms with Crippen LogP contribution in [-0.4, -0.2) is 71.7 Å². The fourth-order valence-electron chi connectivity index (χ4n) is 4.56. The Hall–Kier alpha value is -2.62. The lowest BCUT2D eigenvalue weighted by Crippen LogP contribution is -2.41. The predicted molar refractivity (Wildman–Crippen MR) is 139 cm³/mol. The second kappa shape index (κ2) is 11.9. The van der Waals surface area contributed by atoms with Crippen LogP contribution in [0.25, 0.3) is 0 Å². The van der Waals surface area contributed by atoms with Crippen molar-refractivity contribution in [3.8, 4) is 0 Å². The van der Waals surface area contributed by atoms with E-state index in [0.29, 0.717) is 29.3 Å². The molecule has 4 rings (SSSR count). The first kappa shape index (κ1) is 25.5.